The number of benzene rings is 1. The van der Waals surface area contributed by atoms with Crippen molar-refractivity contribution in [3.8, 4) is 23.1 Å². The molecule has 0 unspecified atom stereocenters. The van der Waals surface area contributed by atoms with Gasteiger partial charge >= 0.3 is 0 Å². The lowest BCUT2D eigenvalue weighted by Gasteiger charge is -2.40. The van der Waals surface area contributed by atoms with Crippen LogP contribution in [0, 0.1) is 22.7 Å². The molecule has 0 amide bonds. The van der Waals surface area contributed by atoms with Crippen LogP contribution in [0.4, 0.5) is 5.82 Å². The summed E-state index contributed by atoms with van der Waals surface area (Å²) < 4.78 is 7.81. The van der Waals surface area contributed by atoms with Gasteiger partial charge in [-0.15, -0.1) is 0 Å². The number of aliphatic hydroxyl groups excluding tert-OH is 1. The number of anilines is 1. The summed E-state index contributed by atoms with van der Waals surface area (Å²) >= 11 is 0. The summed E-state index contributed by atoms with van der Waals surface area (Å²) in [5, 5.41) is 23.1. The van der Waals surface area contributed by atoms with E-state index in [4.69, 9.17) is 9.72 Å². The van der Waals surface area contributed by atoms with Crippen LogP contribution in [0.15, 0.2) is 36.5 Å². The summed E-state index contributed by atoms with van der Waals surface area (Å²) in [6, 6.07) is 11.7. The SMILES string of the molecule is CC(C)COc1ccc(-c2nc3ccc(CO)cn3c2NC(C)(C)C(C)(C)C)cc1C#N. The molecule has 0 spiro atoms. The Hall–Kier alpha value is -3.04. The molecule has 0 radical (unpaired) electrons. The average Bonchev–Trinajstić information content (AvgIpc) is 3.08. The fourth-order valence-electron chi connectivity index (χ4n) is 3.13. The van der Waals surface area contributed by atoms with E-state index in [1.54, 1.807) is 0 Å². The number of pyridine rings is 1. The average molecular weight is 435 g/mol. The van der Waals surface area contributed by atoms with Crippen LogP contribution in [0.25, 0.3) is 16.9 Å². The molecule has 0 atom stereocenters. The fourth-order valence-corrected chi connectivity index (χ4v) is 3.13. The predicted octanol–water partition coefficient (Wildman–Crippen LogP) is 5.64. The van der Waals surface area contributed by atoms with Crippen LogP contribution in [0.1, 0.15) is 59.6 Å². The van der Waals surface area contributed by atoms with Crippen LogP contribution >= 0.6 is 0 Å². The molecule has 0 saturated heterocycles. The smallest absolute Gasteiger partial charge is 0.139 e. The van der Waals surface area contributed by atoms with Crippen molar-refractivity contribution >= 4 is 11.5 Å². The number of nitrogens with zero attached hydrogens (tertiary/aromatic N) is 3. The molecule has 6 heteroatoms. The predicted molar refractivity (Wildman–Crippen MR) is 129 cm³/mol. The molecule has 170 valence electrons. The highest BCUT2D eigenvalue weighted by molar-refractivity contribution is 5.78. The summed E-state index contributed by atoms with van der Waals surface area (Å²) in [6.07, 6.45) is 1.90. The first-order chi connectivity index (χ1) is 15.0. The van der Waals surface area contributed by atoms with Gasteiger partial charge < -0.3 is 15.2 Å². The lowest BCUT2D eigenvalue weighted by atomic mass is 9.76. The molecule has 2 N–H and O–H groups in total. The van der Waals surface area contributed by atoms with Gasteiger partial charge in [0.25, 0.3) is 0 Å². The number of aliphatic hydroxyl groups is 1. The second-order valence-electron chi connectivity index (χ2n) is 10.3. The Morgan fingerprint density at radius 1 is 1.16 bits per heavy atom. The number of nitrogens with one attached hydrogen (secondary N) is 1. The first-order valence-electron chi connectivity index (χ1n) is 11.0. The highest BCUT2D eigenvalue weighted by Crippen LogP contribution is 2.38. The molecule has 3 rings (SSSR count). The molecular formula is C26H34N4O2. The molecule has 0 bridgehead atoms. The minimum absolute atomic E-state index is 0.0324. The summed E-state index contributed by atoms with van der Waals surface area (Å²) in [7, 11) is 0. The van der Waals surface area contributed by atoms with E-state index in [-0.39, 0.29) is 17.6 Å². The van der Waals surface area contributed by atoms with E-state index in [1.807, 2.05) is 40.9 Å². The van der Waals surface area contributed by atoms with Gasteiger partial charge in [-0.25, -0.2) is 4.98 Å². The number of nitriles is 1. The van der Waals surface area contributed by atoms with Crippen LogP contribution in [0.5, 0.6) is 5.75 Å². The second kappa shape index (κ2) is 8.84. The van der Waals surface area contributed by atoms with Crippen molar-refractivity contribution in [1.82, 2.24) is 9.38 Å². The van der Waals surface area contributed by atoms with E-state index in [9.17, 15) is 10.4 Å². The largest absolute Gasteiger partial charge is 0.492 e. The number of imidazole rings is 1. The maximum atomic E-state index is 9.73. The molecule has 0 saturated carbocycles. The minimum atomic E-state index is -0.259. The Balaban J connectivity index is 2.17. The van der Waals surface area contributed by atoms with Gasteiger partial charge in [-0.2, -0.15) is 5.26 Å². The van der Waals surface area contributed by atoms with Crippen LogP contribution in [0.3, 0.4) is 0 Å². The van der Waals surface area contributed by atoms with Gasteiger partial charge in [-0.1, -0.05) is 40.7 Å². The maximum Gasteiger partial charge on any atom is 0.139 e. The topological polar surface area (TPSA) is 82.6 Å². The quantitative estimate of drug-likeness (QED) is 0.503. The molecule has 0 fully saturated rings. The number of hydrogen-bond donors (Lipinski definition) is 2. The van der Waals surface area contributed by atoms with Crippen molar-refractivity contribution in [3.05, 3.63) is 47.7 Å². The van der Waals surface area contributed by atoms with Gasteiger partial charge in [0.15, 0.2) is 0 Å². The molecule has 2 heterocycles. The zero-order chi connectivity index (χ0) is 23.7. The number of fused-ring (bicyclic) bond motifs is 1. The van der Waals surface area contributed by atoms with Crippen molar-refractivity contribution < 1.29 is 9.84 Å². The lowest BCUT2D eigenvalue weighted by molar-refractivity contribution is 0.253. The molecule has 0 aliphatic rings. The first kappa shape index (κ1) is 23.6. The van der Waals surface area contributed by atoms with E-state index < -0.39 is 0 Å². The fraction of sp³-hybridized carbons (Fsp3) is 0.462. The van der Waals surface area contributed by atoms with Crippen LogP contribution in [-0.2, 0) is 6.61 Å². The second-order valence-corrected chi connectivity index (χ2v) is 10.3. The first-order valence-corrected chi connectivity index (χ1v) is 11.0. The molecule has 0 aliphatic heterocycles. The van der Waals surface area contributed by atoms with Gasteiger partial charge in [-0.3, -0.25) is 4.40 Å². The molecular weight excluding hydrogens is 400 g/mol. The summed E-state index contributed by atoms with van der Waals surface area (Å²) in [4.78, 5) is 4.87. The molecule has 0 aliphatic carbocycles. The third-order valence-electron chi connectivity index (χ3n) is 6.11. The molecule has 3 aromatic rings. The highest BCUT2D eigenvalue weighted by atomic mass is 16.5. The van der Waals surface area contributed by atoms with Crippen molar-refractivity contribution in [3.63, 3.8) is 0 Å². The molecule has 2 aromatic heterocycles. The van der Waals surface area contributed by atoms with E-state index in [1.165, 1.54) is 0 Å². The Labute approximate surface area is 190 Å². The van der Waals surface area contributed by atoms with Crippen molar-refractivity contribution in [2.45, 2.75) is 60.6 Å². The number of aromatic nitrogens is 2. The Kier molecular flexibility index (Phi) is 6.52. The Morgan fingerprint density at radius 3 is 2.47 bits per heavy atom. The highest BCUT2D eigenvalue weighted by Gasteiger charge is 2.34. The standard InChI is InChI=1S/C26H34N4O2/c1-17(2)16-32-21-10-9-19(12-20(21)13-27)23-24(29-26(6,7)25(3,4)5)30-14-18(15-31)8-11-22(30)28-23/h8-12,14,17,29,31H,15-16H2,1-7H3. The maximum absolute atomic E-state index is 9.73. The van der Waals surface area contributed by atoms with Crippen LogP contribution in [0.2, 0.25) is 0 Å². The van der Waals surface area contributed by atoms with Crippen molar-refractivity contribution in [2.24, 2.45) is 11.3 Å². The Morgan fingerprint density at radius 2 is 1.88 bits per heavy atom. The zero-order valence-electron chi connectivity index (χ0n) is 20.2. The Bertz CT molecular complexity index is 1150. The van der Waals surface area contributed by atoms with Gasteiger partial charge in [0, 0.05) is 17.3 Å². The molecule has 1 aromatic carbocycles. The van der Waals surface area contributed by atoms with E-state index >= 15 is 0 Å². The summed E-state index contributed by atoms with van der Waals surface area (Å²) in [6.45, 7) is 15.6. The molecule has 6 nitrogen and oxygen atoms in total. The number of rotatable bonds is 7. The van der Waals surface area contributed by atoms with Gasteiger partial charge in [0.1, 0.15) is 29.0 Å². The number of ether oxygens (including phenoxy) is 1. The minimum Gasteiger partial charge on any atom is -0.492 e. The van der Waals surface area contributed by atoms with Gasteiger partial charge in [-0.05, 0) is 55.0 Å². The van der Waals surface area contributed by atoms with E-state index in [0.29, 0.717) is 23.8 Å². The summed E-state index contributed by atoms with van der Waals surface area (Å²) in [5.74, 6) is 1.78. The third-order valence-corrected chi connectivity index (χ3v) is 6.11. The van der Waals surface area contributed by atoms with E-state index in [0.717, 1.165) is 28.3 Å². The summed E-state index contributed by atoms with van der Waals surface area (Å²) in [5.41, 5.74) is 3.35. The van der Waals surface area contributed by atoms with Gasteiger partial charge in [0.05, 0.1) is 18.8 Å². The van der Waals surface area contributed by atoms with Crippen molar-refractivity contribution in [2.75, 3.05) is 11.9 Å². The zero-order valence-corrected chi connectivity index (χ0v) is 20.2. The van der Waals surface area contributed by atoms with Crippen LogP contribution < -0.4 is 10.1 Å². The monoisotopic (exact) mass is 434 g/mol. The molecule has 32 heavy (non-hydrogen) atoms. The van der Waals surface area contributed by atoms with Gasteiger partial charge in [0.2, 0.25) is 0 Å². The van der Waals surface area contributed by atoms with Crippen molar-refractivity contribution in [1.29, 1.82) is 5.26 Å². The van der Waals surface area contributed by atoms with E-state index in [2.05, 4.69) is 59.9 Å². The normalized spacial score (nSPS) is 12.2. The lowest BCUT2D eigenvalue weighted by Crippen LogP contribution is -2.44. The third kappa shape index (κ3) is 4.73. The van der Waals surface area contributed by atoms with Crippen LogP contribution in [-0.4, -0.2) is 26.6 Å². The number of hydrogen-bond acceptors (Lipinski definition) is 5.